The quantitative estimate of drug-likeness (QED) is 0.668. The van der Waals surface area contributed by atoms with Crippen molar-refractivity contribution in [3.63, 3.8) is 0 Å². The Labute approximate surface area is 127 Å². The largest absolute Gasteiger partial charge is 0.378 e. The molecule has 0 spiro atoms. The van der Waals surface area contributed by atoms with E-state index in [1.165, 1.54) is 30.4 Å². The van der Waals surface area contributed by atoms with Crippen LogP contribution in [0.3, 0.4) is 0 Å². The van der Waals surface area contributed by atoms with E-state index in [2.05, 4.69) is 36.1 Å². The van der Waals surface area contributed by atoms with Crippen LogP contribution in [-0.2, 0) is 16.6 Å². The van der Waals surface area contributed by atoms with Gasteiger partial charge in [-0.1, -0.05) is 31.2 Å². The van der Waals surface area contributed by atoms with Gasteiger partial charge in [-0.25, -0.2) is 0 Å². The molecule has 0 amide bonds. The van der Waals surface area contributed by atoms with Crippen LogP contribution in [-0.4, -0.2) is 43.7 Å². The van der Waals surface area contributed by atoms with E-state index in [1.54, 1.807) is 0 Å². The molecule has 114 valence electrons. The molecule has 1 aliphatic carbocycles. The minimum Gasteiger partial charge on any atom is -0.378 e. The third kappa shape index (κ3) is 3.05. The van der Waals surface area contributed by atoms with E-state index in [9.17, 15) is 0 Å². The summed E-state index contributed by atoms with van der Waals surface area (Å²) >= 11 is 0. The number of hydrogen-bond acceptors (Lipinski definition) is 2. The Bertz CT molecular complexity index is 523. The molecule has 1 saturated heterocycles. The summed E-state index contributed by atoms with van der Waals surface area (Å²) in [7, 11) is 0. The molecule has 21 heavy (non-hydrogen) atoms. The van der Waals surface area contributed by atoms with E-state index >= 15 is 0 Å². The standard InChI is InChI=1S/C17H25N3O/c1-17(8-4-6-14-5-2-3-7-15(14)17)13-19-16(18)20-9-11-21-12-10-20/h2-3,5,7H,4,6,8-13H2,1H3,(H2,18,19). The van der Waals surface area contributed by atoms with Crippen LogP contribution in [0.2, 0.25) is 0 Å². The number of guanidine groups is 1. The predicted octanol–water partition coefficient (Wildman–Crippen LogP) is 1.93. The molecule has 3 rings (SSSR count). The van der Waals surface area contributed by atoms with Gasteiger partial charge >= 0.3 is 0 Å². The van der Waals surface area contributed by atoms with E-state index < -0.39 is 0 Å². The Morgan fingerprint density at radius 1 is 1.33 bits per heavy atom. The molecule has 1 atom stereocenters. The SMILES string of the molecule is CC1(CN=C(N)N2CCOCC2)CCCc2ccccc21. The summed E-state index contributed by atoms with van der Waals surface area (Å²) in [4.78, 5) is 6.83. The summed E-state index contributed by atoms with van der Waals surface area (Å²) < 4.78 is 5.36. The topological polar surface area (TPSA) is 50.8 Å². The first kappa shape index (κ1) is 14.4. The van der Waals surface area contributed by atoms with Crippen molar-refractivity contribution in [2.24, 2.45) is 10.7 Å². The highest BCUT2D eigenvalue weighted by molar-refractivity contribution is 5.78. The second kappa shape index (κ2) is 6.06. The molecular formula is C17H25N3O. The zero-order valence-corrected chi connectivity index (χ0v) is 12.8. The van der Waals surface area contributed by atoms with Crippen molar-refractivity contribution in [1.29, 1.82) is 0 Å². The monoisotopic (exact) mass is 287 g/mol. The molecule has 1 aliphatic heterocycles. The van der Waals surface area contributed by atoms with Crippen molar-refractivity contribution < 1.29 is 4.74 Å². The minimum absolute atomic E-state index is 0.117. The summed E-state index contributed by atoms with van der Waals surface area (Å²) in [6.45, 7) is 6.28. The zero-order chi connectivity index (χ0) is 14.7. The molecule has 1 unspecified atom stereocenters. The zero-order valence-electron chi connectivity index (χ0n) is 12.8. The Balaban J connectivity index is 1.75. The predicted molar refractivity (Wildman–Crippen MR) is 85.6 cm³/mol. The molecular weight excluding hydrogens is 262 g/mol. The second-order valence-electron chi connectivity index (χ2n) is 6.35. The highest BCUT2D eigenvalue weighted by Gasteiger charge is 2.31. The van der Waals surface area contributed by atoms with E-state index in [0.717, 1.165) is 32.8 Å². The van der Waals surface area contributed by atoms with E-state index in [0.29, 0.717) is 5.96 Å². The smallest absolute Gasteiger partial charge is 0.191 e. The molecule has 4 nitrogen and oxygen atoms in total. The van der Waals surface area contributed by atoms with Crippen LogP contribution < -0.4 is 5.73 Å². The maximum absolute atomic E-state index is 6.16. The van der Waals surface area contributed by atoms with Gasteiger partial charge in [0, 0.05) is 18.5 Å². The lowest BCUT2D eigenvalue weighted by Crippen LogP contribution is -2.45. The number of benzene rings is 1. The molecule has 2 N–H and O–H groups in total. The number of aliphatic imine (C=N–C) groups is 1. The fraction of sp³-hybridized carbons (Fsp3) is 0.588. The Hall–Kier alpha value is -1.55. The first-order valence-electron chi connectivity index (χ1n) is 7.90. The number of nitrogens with zero attached hydrogens (tertiary/aromatic N) is 2. The molecule has 1 aromatic rings. The fourth-order valence-corrected chi connectivity index (χ4v) is 3.44. The second-order valence-corrected chi connectivity index (χ2v) is 6.35. The van der Waals surface area contributed by atoms with Crippen LogP contribution in [0.1, 0.15) is 30.9 Å². The van der Waals surface area contributed by atoms with E-state index in [-0.39, 0.29) is 5.41 Å². The normalized spacial score (nSPS) is 26.5. The van der Waals surface area contributed by atoms with Gasteiger partial charge < -0.3 is 15.4 Å². The van der Waals surface area contributed by atoms with Crippen LogP contribution in [0.15, 0.2) is 29.3 Å². The Kier molecular flexibility index (Phi) is 4.15. The highest BCUT2D eigenvalue weighted by Crippen LogP contribution is 2.37. The van der Waals surface area contributed by atoms with Gasteiger partial charge in [-0.2, -0.15) is 0 Å². The van der Waals surface area contributed by atoms with Crippen molar-refractivity contribution in [1.82, 2.24) is 4.90 Å². The Morgan fingerprint density at radius 3 is 2.90 bits per heavy atom. The minimum atomic E-state index is 0.117. The molecule has 1 heterocycles. The molecule has 2 aliphatic rings. The molecule has 0 bridgehead atoms. The summed E-state index contributed by atoms with van der Waals surface area (Å²) in [5.41, 5.74) is 9.21. The molecule has 1 fully saturated rings. The highest BCUT2D eigenvalue weighted by atomic mass is 16.5. The number of ether oxygens (including phenoxy) is 1. The number of fused-ring (bicyclic) bond motifs is 1. The lowest BCUT2D eigenvalue weighted by Gasteiger charge is -2.35. The molecule has 4 heteroatoms. The van der Waals surface area contributed by atoms with Gasteiger partial charge in [0.05, 0.1) is 19.8 Å². The van der Waals surface area contributed by atoms with Crippen molar-refractivity contribution >= 4 is 5.96 Å². The Morgan fingerprint density at radius 2 is 2.10 bits per heavy atom. The maximum Gasteiger partial charge on any atom is 0.191 e. The fourth-order valence-electron chi connectivity index (χ4n) is 3.44. The van der Waals surface area contributed by atoms with Gasteiger partial charge in [-0.05, 0) is 30.4 Å². The average molecular weight is 287 g/mol. The number of rotatable bonds is 2. The summed E-state index contributed by atoms with van der Waals surface area (Å²) in [5.74, 6) is 0.669. The van der Waals surface area contributed by atoms with Crippen molar-refractivity contribution in [3.05, 3.63) is 35.4 Å². The van der Waals surface area contributed by atoms with Gasteiger partial charge in [0.25, 0.3) is 0 Å². The van der Waals surface area contributed by atoms with Crippen molar-refractivity contribution in [2.45, 2.75) is 31.6 Å². The summed E-state index contributed by atoms with van der Waals surface area (Å²) in [6.07, 6.45) is 3.61. The first-order valence-corrected chi connectivity index (χ1v) is 7.90. The van der Waals surface area contributed by atoms with Crippen LogP contribution in [0.4, 0.5) is 0 Å². The van der Waals surface area contributed by atoms with Gasteiger partial charge in [-0.3, -0.25) is 4.99 Å². The molecule has 0 aromatic heterocycles. The van der Waals surface area contributed by atoms with Gasteiger partial charge in [0.2, 0.25) is 0 Å². The third-order valence-electron chi connectivity index (χ3n) is 4.77. The van der Waals surface area contributed by atoms with Crippen LogP contribution >= 0.6 is 0 Å². The number of morpholine rings is 1. The number of aryl methyl sites for hydroxylation is 1. The summed E-state index contributed by atoms with van der Waals surface area (Å²) in [5, 5.41) is 0. The molecule has 1 aromatic carbocycles. The van der Waals surface area contributed by atoms with Gasteiger partial charge in [0.1, 0.15) is 0 Å². The van der Waals surface area contributed by atoms with Gasteiger partial charge in [0.15, 0.2) is 5.96 Å². The summed E-state index contributed by atoms with van der Waals surface area (Å²) in [6, 6.07) is 8.78. The van der Waals surface area contributed by atoms with E-state index in [4.69, 9.17) is 15.5 Å². The lowest BCUT2D eigenvalue weighted by atomic mass is 9.71. The van der Waals surface area contributed by atoms with Crippen molar-refractivity contribution in [3.8, 4) is 0 Å². The average Bonchev–Trinajstić information content (AvgIpc) is 2.54. The lowest BCUT2D eigenvalue weighted by molar-refractivity contribution is 0.0673. The third-order valence-corrected chi connectivity index (χ3v) is 4.77. The number of nitrogens with two attached hydrogens (primary N) is 1. The van der Waals surface area contributed by atoms with Crippen molar-refractivity contribution in [2.75, 3.05) is 32.8 Å². The van der Waals surface area contributed by atoms with Gasteiger partial charge in [-0.15, -0.1) is 0 Å². The van der Waals surface area contributed by atoms with Crippen LogP contribution in [0.5, 0.6) is 0 Å². The van der Waals surface area contributed by atoms with Crippen LogP contribution in [0.25, 0.3) is 0 Å². The molecule has 0 saturated carbocycles. The maximum atomic E-state index is 6.16. The first-order chi connectivity index (χ1) is 10.2. The van der Waals surface area contributed by atoms with E-state index in [1.807, 2.05) is 0 Å². The van der Waals surface area contributed by atoms with Crippen LogP contribution in [0, 0.1) is 0 Å². The molecule has 0 radical (unpaired) electrons. The number of hydrogen-bond donors (Lipinski definition) is 1.